The molecular formula is C21H31N3O4. The number of aryl methyl sites for hydroxylation is 2. The first-order valence-electron chi connectivity index (χ1n) is 10.6. The summed E-state index contributed by atoms with van der Waals surface area (Å²) in [4.78, 5) is 29.3. The summed E-state index contributed by atoms with van der Waals surface area (Å²) in [5.74, 6) is 1.29. The fourth-order valence-electron chi connectivity index (χ4n) is 5.06. The van der Waals surface area contributed by atoms with Crippen LogP contribution < -0.4 is 0 Å². The second-order valence-electron chi connectivity index (χ2n) is 8.67. The maximum absolute atomic E-state index is 12.9. The van der Waals surface area contributed by atoms with E-state index in [0.29, 0.717) is 48.4 Å². The van der Waals surface area contributed by atoms with Gasteiger partial charge >= 0.3 is 0 Å². The van der Waals surface area contributed by atoms with Gasteiger partial charge in [-0.25, -0.2) is 0 Å². The molecule has 0 aromatic carbocycles. The molecule has 7 heteroatoms. The molecule has 3 saturated heterocycles. The standard InChI is InChI=1S/C21H31N3O4/c1-15-19(16(2)28-22-15)20(26)24-10-6-21(7-11-24)14-17(5-12-27-21)13-18(25)23-8-3-4-9-23/h17H,3-14H2,1-2H3. The van der Waals surface area contributed by atoms with E-state index < -0.39 is 0 Å². The molecule has 0 aliphatic carbocycles. The number of hydrogen-bond donors (Lipinski definition) is 0. The van der Waals surface area contributed by atoms with Gasteiger partial charge in [-0.05, 0) is 58.3 Å². The van der Waals surface area contributed by atoms with Gasteiger partial charge in [-0.1, -0.05) is 5.16 Å². The Bertz CT molecular complexity index is 711. The van der Waals surface area contributed by atoms with E-state index in [9.17, 15) is 9.59 Å². The van der Waals surface area contributed by atoms with Gasteiger partial charge in [0.2, 0.25) is 5.91 Å². The van der Waals surface area contributed by atoms with Crippen LogP contribution in [0.1, 0.15) is 66.8 Å². The van der Waals surface area contributed by atoms with Crippen LogP contribution in [-0.4, -0.2) is 65.2 Å². The van der Waals surface area contributed by atoms with Gasteiger partial charge in [-0.15, -0.1) is 0 Å². The van der Waals surface area contributed by atoms with Gasteiger partial charge in [-0.3, -0.25) is 9.59 Å². The Morgan fingerprint density at radius 2 is 1.82 bits per heavy atom. The van der Waals surface area contributed by atoms with Crippen molar-refractivity contribution in [3.63, 3.8) is 0 Å². The van der Waals surface area contributed by atoms with Crippen molar-refractivity contribution in [1.29, 1.82) is 0 Å². The lowest BCUT2D eigenvalue weighted by atomic mass is 9.78. The number of rotatable bonds is 3. The first kappa shape index (κ1) is 19.4. The van der Waals surface area contributed by atoms with Crippen LogP contribution in [0.4, 0.5) is 0 Å². The van der Waals surface area contributed by atoms with Crippen LogP contribution in [0.2, 0.25) is 0 Å². The minimum Gasteiger partial charge on any atom is -0.375 e. The molecule has 1 atom stereocenters. The first-order valence-corrected chi connectivity index (χ1v) is 10.6. The normalized spacial score (nSPS) is 24.7. The van der Waals surface area contributed by atoms with E-state index >= 15 is 0 Å². The zero-order valence-electron chi connectivity index (χ0n) is 17.0. The molecule has 1 spiro atoms. The van der Waals surface area contributed by atoms with Crippen LogP contribution in [0.15, 0.2) is 4.52 Å². The SMILES string of the molecule is Cc1noc(C)c1C(=O)N1CCC2(CC1)CC(CC(=O)N1CCCC1)CCO2. The summed E-state index contributed by atoms with van der Waals surface area (Å²) in [6.07, 6.45) is 6.47. The Labute approximate surface area is 166 Å². The van der Waals surface area contributed by atoms with Crippen molar-refractivity contribution in [1.82, 2.24) is 15.0 Å². The molecule has 2 amide bonds. The fraction of sp³-hybridized carbons (Fsp3) is 0.762. The van der Waals surface area contributed by atoms with Crippen molar-refractivity contribution in [3.8, 4) is 0 Å². The van der Waals surface area contributed by atoms with Crippen LogP contribution in [0.3, 0.4) is 0 Å². The van der Waals surface area contributed by atoms with Gasteiger partial charge in [0.05, 0.1) is 11.3 Å². The Kier molecular flexibility index (Phi) is 5.45. The quantitative estimate of drug-likeness (QED) is 0.794. The summed E-state index contributed by atoms with van der Waals surface area (Å²) in [6, 6.07) is 0. The van der Waals surface area contributed by atoms with Crippen molar-refractivity contribution in [2.24, 2.45) is 5.92 Å². The van der Waals surface area contributed by atoms with Crippen molar-refractivity contribution in [2.45, 2.75) is 64.4 Å². The molecule has 154 valence electrons. The van der Waals surface area contributed by atoms with Gasteiger partial charge < -0.3 is 19.1 Å². The highest BCUT2D eigenvalue weighted by Gasteiger charge is 2.42. The van der Waals surface area contributed by atoms with Crippen LogP contribution in [0.25, 0.3) is 0 Å². The number of piperidine rings is 1. The van der Waals surface area contributed by atoms with Gasteiger partial charge in [0.25, 0.3) is 5.91 Å². The van der Waals surface area contributed by atoms with E-state index in [-0.39, 0.29) is 11.5 Å². The highest BCUT2D eigenvalue weighted by Crippen LogP contribution is 2.39. The van der Waals surface area contributed by atoms with Crippen molar-refractivity contribution in [3.05, 3.63) is 17.0 Å². The number of carbonyl (C=O) groups is 2. The van der Waals surface area contributed by atoms with Gasteiger partial charge in [0.1, 0.15) is 11.3 Å². The molecule has 4 rings (SSSR count). The number of nitrogens with zero attached hydrogens (tertiary/aromatic N) is 3. The lowest BCUT2D eigenvalue weighted by Crippen LogP contribution is -2.51. The third-order valence-corrected chi connectivity index (χ3v) is 6.73. The highest BCUT2D eigenvalue weighted by molar-refractivity contribution is 5.96. The maximum atomic E-state index is 12.9. The fourth-order valence-corrected chi connectivity index (χ4v) is 5.06. The van der Waals surface area contributed by atoms with Crippen LogP contribution in [0.5, 0.6) is 0 Å². The zero-order valence-corrected chi connectivity index (χ0v) is 17.0. The van der Waals surface area contributed by atoms with E-state index in [0.717, 1.165) is 58.2 Å². The average Bonchev–Trinajstić information content (AvgIpc) is 3.32. The summed E-state index contributed by atoms with van der Waals surface area (Å²) in [5, 5.41) is 3.90. The predicted octanol–water partition coefficient (Wildman–Crippen LogP) is 2.71. The molecule has 1 aromatic heterocycles. The van der Waals surface area contributed by atoms with E-state index in [1.807, 2.05) is 9.80 Å². The molecule has 7 nitrogen and oxygen atoms in total. The van der Waals surface area contributed by atoms with E-state index in [4.69, 9.17) is 9.26 Å². The minimum absolute atomic E-state index is 0.00247. The Morgan fingerprint density at radius 3 is 2.46 bits per heavy atom. The molecule has 28 heavy (non-hydrogen) atoms. The Hall–Kier alpha value is -1.89. The maximum Gasteiger partial charge on any atom is 0.259 e. The molecule has 3 fully saturated rings. The lowest BCUT2D eigenvalue weighted by Gasteiger charge is -2.46. The molecule has 1 aromatic rings. The van der Waals surface area contributed by atoms with Gasteiger partial charge in [0, 0.05) is 39.2 Å². The number of likely N-dealkylation sites (tertiary alicyclic amines) is 2. The predicted molar refractivity (Wildman–Crippen MR) is 103 cm³/mol. The molecule has 0 radical (unpaired) electrons. The van der Waals surface area contributed by atoms with Gasteiger partial charge in [-0.2, -0.15) is 0 Å². The van der Waals surface area contributed by atoms with Crippen molar-refractivity contribution < 1.29 is 18.8 Å². The molecular weight excluding hydrogens is 358 g/mol. The molecule has 3 aliphatic rings. The minimum atomic E-state index is -0.177. The molecule has 1 unspecified atom stereocenters. The van der Waals surface area contributed by atoms with Crippen molar-refractivity contribution in [2.75, 3.05) is 32.8 Å². The molecule has 0 bridgehead atoms. The number of aromatic nitrogens is 1. The first-order chi connectivity index (χ1) is 13.5. The summed E-state index contributed by atoms with van der Waals surface area (Å²) >= 11 is 0. The van der Waals surface area contributed by atoms with Crippen molar-refractivity contribution >= 4 is 11.8 Å². The van der Waals surface area contributed by atoms with E-state index in [1.54, 1.807) is 13.8 Å². The molecule has 0 N–H and O–H groups in total. The lowest BCUT2D eigenvalue weighted by molar-refractivity contribution is -0.140. The highest BCUT2D eigenvalue weighted by atomic mass is 16.5. The second kappa shape index (κ2) is 7.85. The summed E-state index contributed by atoms with van der Waals surface area (Å²) in [5.41, 5.74) is 1.07. The monoisotopic (exact) mass is 389 g/mol. The third kappa shape index (κ3) is 3.81. The summed E-state index contributed by atoms with van der Waals surface area (Å²) < 4.78 is 11.4. The van der Waals surface area contributed by atoms with E-state index in [1.165, 1.54) is 0 Å². The Morgan fingerprint density at radius 1 is 1.11 bits per heavy atom. The summed E-state index contributed by atoms with van der Waals surface area (Å²) in [7, 11) is 0. The number of amides is 2. The average molecular weight is 389 g/mol. The number of hydrogen-bond acceptors (Lipinski definition) is 5. The molecule has 3 aliphatic heterocycles. The zero-order chi connectivity index (χ0) is 19.7. The van der Waals surface area contributed by atoms with Crippen LogP contribution in [-0.2, 0) is 9.53 Å². The van der Waals surface area contributed by atoms with E-state index in [2.05, 4.69) is 5.16 Å². The second-order valence-corrected chi connectivity index (χ2v) is 8.67. The largest absolute Gasteiger partial charge is 0.375 e. The van der Waals surface area contributed by atoms with Gasteiger partial charge in [0.15, 0.2) is 0 Å². The van der Waals surface area contributed by atoms with Crippen LogP contribution in [0, 0.1) is 19.8 Å². The topological polar surface area (TPSA) is 75.9 Å². The summed E-state index contributed by atoms with van der Waals surface area (Å²) in [6.45, 7) is 7.51. The molecule has 0 saturated carbocycles. The number of ether oxygens (including phenoxy) is 1. The number of carbonyl (C=O) groups excluding carboxylic acids is 2. The van der Waals surface area contributed by atoms with Crippen LogP contribution >= 0.6 is 0 Å². The Balaban J connectivity index is 1.34. The smallest absolute Gasteiger partial charge is 0.259 e. The molecule has 4 heterocycles. The third-order valence-electron chi connectivity index (χ3n) is 6.73.